The molecule has 0 fully saturated rings. The quantitative estimate of drug-likeness (QED) is 0.519. The fraction of sp³-hybridized carbons (Fsp3) is 0.0952. The van der Waals surface area contributed by atoms with Crippen LogP contribution >= 0.6 is 0 Å². The molecule has 0 radical (unpaired) electrons. The van der Waals surface area contributed by atoms with Crippen LogP contribution in [0.3, 0.4) is 0 Å². The third-order valence-electron chi connectivity index (χ3n) is 3.83. The third-order valence-corrected chi connectivity index (χ3v) is 3.83. The number of anilines is 1. The first kappa shape index (κ1) is 18.0. The lowest BCUT2D eigenvalue weighted by atomic mass is 10.1. The molecule has 6 nitrogen and oxygen atoms in total. The lowest BCUT2D eigenvalue weighted by molar-refractivity contribution is -0.119. The van der Waals surface area contributed by atoms with Crippen molar-refractivity contribution >= 4 is 17.8 Å². The van der Waals surface area contributed by atoms with Gasteiger partial charge in [-0.1, -0.05) is 29.8 Å². The minimum Gasteiger partial charge on any atom is -0.455 e. The van der Waals surface area contributed by atoms with Crippen LogP contribution in [0.5, 0.6) is 0 Å². The summed E-state index contributed by atoms with van der Waals surface area (Å²) < 4.78 is 5.67. The highest BCUT2D eigenvalue weighted by atomic mass is 16.3. The first-order chi connectivity index (χ1) is 13.2. The van der Waals surface area contributed by atoms with E-state index in [1.54, 1.807) is 24.3 Å². The zero-order chi connectivity index (χ0) is 19.1. The number of benzene rings is 2. The largest absolute Gasteiger partial charge is 0.455 e. The molecule has 6 heteroatoms. The number of carbonyl (C=O) groups is 1. The lowest BCUT2D eigenvalue weighted by Gasteiger charge is -2.05. The van der Waals surface area contributed by atoms with Gasteiger partial charge in [-0.05, 0) is 43.3 Å². The fourth-order valence-electron chi connectivity index (χ4n) is 2.42. The molecule has 3 aromatic rings. The van der Waals surface area contributed by atoms with Crippen molar-refractivity contribution in [1.82, 2.24) is 5.43 Å². The van der Waals surface area contributed by atoms with Crippen LogP contribution in [0.1, 0.15) is 16.9 Å². The topological polar surface area (TPSA) is 90.4 Å². The molecular formula is C21H18N4O2. The Morgan fingerprint density at radius 3 is 2.70 bits per heavy atom. The number of furan rings is 1. The molecule has 0 saturated carbocycles. The Balaban J connectivity index is 1.54. The number of nitrogens with one attached hydrogen (secondary N) is 2. The number of carbonyl (C=O) groups excluding carboxylic acids is 1. The van der Waals surface area contributed by atoms with Gasteiger partial charge in [0, 0.05) is 11.3 Å². The van der Waals surface area contributed by atoms with Crippen molar-refractivity contribution in [2.45, 2.75) is 6.92 Å². The molecule has 0 aliphatic rings. The van der Waals surface area contributed by atoms with Gasteiger partial charge in [-0.2, -0.15) is 10.4 Å². The van der Waals surface area contributed by atoms with Crippen LogP contribution in [0, 0.1) is 18.3 Å². The molecule has 0 unspecified atom stereocenters. The van der Waals surface area contributed by atoms with E-state index in [2.05, 4.69) is 21.9 Å². The van der Waals surface area contributed by atoms with Crippen molar-refractivity contribution in [3.8, 4) is 17.4 Å². The highest BCUT2D eigenvalue weighted by molar-refractivity contribution is 5.83. The summed E-state index contributed by atoms with van der Waals surface area (Å²) in [5.74, 6) is 0.777. The molecule has 134 valence electrons. The number of hydrogen-bond donors (Lipinski definition) is 2. The molecule has 1 aromatic heterocycles. The van der Waals surface area contributed by atoms with Crippen molar-refractivity contribution < 1.29 is 9.21 Å². The van der Waals surface area contributed by atoms with E-state index in [9.17, 15) is 4.79 Å². The van der Waals surface area contributed by atoms with E-state index < -0.39 is 0 Å². The predicted octanol–water partition coefficient (Wildman–Crippen LogP) is 3.69. The minimum absolute atomic E-state index is 0.110. The maximum Gasteiger partial charge on any atom is 0.259 e. The Labute approximate surface area is 157 Å². The molecule has 0 saturated heterocycles. The standard InChI is InChI=1S/C21H18N4O2/c1-15-6-8-17(9-7-15)23-14-21(26)25-24-13-18-10-11-20(27-18)19-5-3-2-4-16(19)12-22/h2-11,13,23H,14H2,1H3,(H,25,26)/b24-13-. The van der Waals surface area contributed by atoms with Crippen LogP contribution in [0.15, 0.2) is 70.2 Å². The normalized spacial score (nSPS) is 10.5. The summed E-state index contributed by atoms with van der Waals surface area (Å²) in [5.41, 5.74) is 5.71. The summed E-state index contributed by atoms with van der Waals surface area (Å²) >= 11 is 0. The van der Waals surface area contributed by atoms with Crippen molar-refractivity contribution in [3.05, 3.63) is 77.6 Å². The van der Waals surface area contributed by atoms with Gasteiger partial charge in [-0.3, -0.25) is 4.79 Å². The molecule has 1 amide bonds. The van der Waals surface area contributed by atoms with Crippen molar-refractivity contribution in [3.63, 3.8) is 0 Å². The van der Waals surface area contributed by atoms with Crippen LogP contribution in [-0.2, 0) is 4.79 Å². The van der Waals surface area contributed by atoms with E-state index in [0.29, 0.717) is 22.6 Å². The predicted molar refractivity (Wildman–Crippen MR) is 104 cm³/mol. The maximum absolute atomic E-state index is 11.8. The van der Waals surface area contributed by atoms with Crippen LogP contribution in [0.4, 0.5) is 5.69 Å². The molecule has 0 aliphatic carbocycles. The van der Waals surface area contributed by atoms with Gasteiger partial charge in [0.05, 0.1) is 24.4 Å². The molecule has 1 heterocycles. The molecular weight excluding hydrogens is 340 g/mol. The molecule has 2 aromatic carbocycles. The van der Waals surface area contributed by atoms with Gasteiger partial charge in [0.25, 0.3) is 5.91 Å². The van der Waals surface area contributed by atoms with Gasteiger partial charge in [-0.25, -0.2) is 5.43 Å². The Morgan fingerprint density at radius 2 is 1.93 bits per heavy atom. The molecule has 0 atom stereocenters. The summed E-state index contributed by atoms with van der Waals surface area (Å²) in [6.45, 7) is 2.11. The summed E-state index contributed by atoms with van der Waals surface area (Å²) in [6.07, 6.45) is 1.42. The smallest absolute Gasteiger partial charge is 0.259 e. The highest BCUT2D eigenvalue weighted by Gasteiger charge is 2.08. The van der Waals surface area contributed by atoms with Crippen LogP contribution in [-0.4, -0.2) is 18.7 Å². The third kappa shape index (κ3) is 4.83. The number of hydrogen-bond acceptors (Lipinski definition) is 5. The Bertz CT molecular complexity index is 998. The SMILES string of the molecule is Cc1ccc(NCC(=O)N/N=C\c2ccc(-c3ccccc3C#N)o2)cc1. The monoisotopic (exact) mass is 358 g/mol. The minimum atomic E-state index is -0.270. The zero-order valence-electron chi connectivity index (χ0n) is 14.8. The number of rotatable bonds is 6. The molecule has 3 rings (SSSR count). The first-order valence-electron chi connectivity index (χ1n) is 8.37. The molecule has 0 aliphatic heterocycles. The molecule has 0 spiro atoms. The van der Waals surface area contributed by atoms with E-state index in [-0.39, 0.29) is 12.5 Å². The Hall–Kier alpha value is -3.85. The van der Waals surface area contributed by atoms with E-state index in [4.69, 9.17) is 9.68 Å². The second-order valence-corrected chi connectivity index (χ2v) is 5.87. The van der Waals surface area contributed by atoms with Gasteiger partial charge in [0.2, 0.25) is 0 Å². The van der Waals surface area contributed by atoms with Gasteiger partial charge in [0.15, 0.2) is 0 Å². The highest BCUT2D eigenvalue weighted by Crippen LogP contribution is 2.24. The van der Waals surface area contributed by atoms with E-state index in [1.807, 2.05) is 43.3 Å². The van der Waals surface area contributed by atoms with Gasteiger partial charge >= 0.3 is 0 Å². The summed E-state index contributed by atoms with van der Waals surface area (Å²) in [4.78, 5) is 11.8. The number of amides is 1. The van der Waals surface area contributed by atoms with E-state index in [1.165, 1.54) is 6.21 Å². The first-order valence-corrected chi connectivity index (χ1v) is 8.37. The molecule has 0 bridgehead atoms. The van der Waals surface area contributed by atoms with Gasteiger partial charge < -0.3 is 9.73 Å². The molecule has 27 heavy (non-hydrogen) atoms. The second-order valence-electron chi connectivity index (χ2n) is 5.87. The van der Waals surface area contributed by atoms with Crippen LogP contribution in [0.2, 0.25) is 0 Å². The average molecular weight is 358 g/mol. The Morgan fingerprint density at radius 1 is 1.15 bits per heavy atom. The van der Waals surface area contributed by atoms with E-state index >= 15 is 0 Å². The molecule has 2 N–H and O–H groups in total. The fourth-order valence-corrected chi connectivity index (χ4v) is 2.42. The number of aryl methyl sites for hydroxylation is 1. The summed E-state index contributed by atoms with van der Waals surface area (Å²) in [7, 11) is 0. The average Bonchev–Trinajstić information content (AvgIpc) is 3.16. The number of nitriles is 1. The van der Waals surface area contributed by atoms with Gasteiger partial charge in [0.1, 0.15) is 11.5 Å². The summed E-state index contributed by atoms with van der Waals surface area (Å²) in [5, 5.41) is 16.1. The lowest BCUT2D eigenvalue weighted by Crippen LogP contribution is -2.25. The van der Waals surface area contributed by atoms with E-state index in [0.717, 1.165) is 11.3 Å². The number of hydrazone groups is 1. The second kappa shape index (κ2) is 8.50. The van der Waals surface area contributed by atoms with Crippen LogP contribution < -0.4 is 10.7 Å². The zero-order valence-corrected chi connectivity index (χ0v) is 14.8. The van der Waals surface area contributed by atoms with Crippen molar-refractivity contribution in [2.75, 3.05) is 11.9 Å². The Kier molecular flexibility index (Phi) is 5.65. The maximum atomic E-state index is 11.8. The van der Waals surface area contributed by atoms with Crippen molar-refractivity contribution in [1.29, 1.82) is 5.26 Å². The number of nitrogens with zero attached hydrogens (tertiary/aromatic N) is 2. The summed E-state index contributed by atoms with van der Waals surface area (Å²) in [6, 6.07) is 20.6. The van der Waals surface area contributed by atoms with Gasteiger partial charge in [-0.15, -0.1) is 0 Å². The van der Waals surface area contributed by atoms with Crippen LogP contribution in [0.25, 0.3) is 11.3 Å². The van der Waals surface area contributed by atoms with Crippen molar-refractivity contribution in [2.24, 2.45) is 5.10 Å².